The highest BCUT2D eigenvalue weighted by atomic mass is 32.2. The van der Waals surface area contributed by atoms with Gasteiger partial charge in [0.1, 0.15) is 0 Å². The maximum Gasteiger partial charge on any atom is 0.154 e. The van der Waals surface area contributed by atoms with Gasteiger partial charge < -0.3 is 5.73 Å². The van der Waals surface area contributed by atoms with Crippen molar-refractivity contribution in [2.24, 2.45) is 11.7 Å². The molecule has 1 saturated heterocycles. The third kappa shape index (κ3) is 2.53. The first-order valence-corrected chi connectivity index (χ1v) is 7.78. The van der Waals surface area contributed by atoms with Crippen molar-refractivity contribution in [2.45, 2.75) is 56.2 Å². The lowest BCUT2D eigenvalue weighted by Crippen LogP contribution is -2.45. The van der Waals surface area contributed by atoms with E-state index in [2.05, 4.69) is 0 Å². The van der Waals surface area contributed by atoms with Crippen molar-refractivity contribution in [2.75, 3.05) is 5.75 Å². The minimum absolute atomic E-state index is 0.111. The van der Waals surface area contributed by atoms with Crippen molar-refractivity contribution in [3.05, 3.63) is 0 Å². The van der Waals surface area contributed by atoms with Crippen molar-refractivity contribution < 1.29 is 8.42 Å². The fourth-order valence-corrected chi connectivity index (χ4v) is 4.80. The van der Waals surface area contributed by atoms with Crippen LogP contribution in [-0.2, 0) is 9.84 Å². The molecule has 1 saturated carbocycles. The molecule has 2 unspecified atom stereocenters. The highest BCUT2D eigenvalue weighted by Crippen LogP contribution is 2.33. The molecule has 0 aromatic rings. The number of rotatable bonds is 3. The predicted octanol–water partition coefficient (Wildman–Crippen LogP) is 1.47. The Labute approximate surface area is 92.3 Å². The summed E-state index contributed by atoms with van der Waals surface area (Å²) in [6.45, 7) is 0. The van der Waals surface area contributed by atoms with E-state index in [4.69, 9.17) is 5.73 Å². The lowest BCUT2D eigenvalue weighted by atomic mass is 9.80. The molecule has 88 valence electrons. The van der Waals surface area contributed by atoms with E-state index in [-0.39, 0.29) is 11.3 Å². The molecular formula is C11H21NO2S. The van der Waals surface area contributed by atoms with Gasteiger partial charge in [0.25, 0.3) is 0 Å². The van der Waals surface area contributed by atoms with Crippen molar-refractivity contribution in [3.63, 3.8) is 0 Å². The van der Waals surface area contributed by atoms with Gasteiger partial charge in [0.05, 0.1) is 11.0 Å². The van der Waals surface area contributed by atoms with Crippen LogP contribution in [0, 0.1) is 5.92 Å². The van der Waals surface area contributed by atoms with Crippen LogP contribution in [-0.4, -0.2) is 25.5 Å². The highest BCUT2D eigenvalue weighted by Gasteiger charge is 2.35. The Bertz CT molecular complexity index is 309. The van der Waals surface area contributed by atoms with Crippen LogP contribution in [0.4, 0.5) is 0 Å². The summed E-state index contributed by atoms with van der Waals surface area (Å²) >= 11 is 0. The van der Waals surface area contributed by atoms with Gasteiger partial charge >= 0.3 is 0 Å². The fraction of sp³-hybridized carbons (Fsp3) is 1.00. The Balaban J connectivity index is 1.94. The molecule has 1 aliphatic heterocycles. The Hall–Kier alpha value is -0.0900. The van der Waals surface area contributed by atoms with Gasteiger partial charge in [0, 0.05) is 6.04 Å². The third-order valence-corrected chi connectivity index (χ3v) is 6.30. The Kier molecular flexibility index (Phi) is 3.36. The molecule has 4 heteroatoms. The van der Waals surface area contributed by atoms with Gasteiger partial charge in [-0.25, -0.2) is 8.42 Å². The predicted molar refractivity (Wildman–Crippen MR) is 61.4 cm³/mol. The Morgan fingerprint density at radius 2 is 1.87 bits per heavy atom. The average molecular weight is 231 g/mol. The van der Waals surface area contributed by atoms with Crippen LogP contribution < -0.4 is 5.73 Å². The van der Waals surface area contributed by atoms with Gasteiger partial charge in [-0.05, 0) is 25.2 Å². The van der Waals surface area contributed by atoms with Crippen molar-refractivity contribution in [3.8, 4) is 0 Å². The first-order valence-electron chi connectivity index (χ1n) is 6.07. The average Bonchev–Trinajstić information content (AvgIpc) is 2.10. The van der Waals surface area contributed by atoms with Crippen LogP contribution in [0.5, 0.6) is 0 Å². The van der Waals surface area contributed by atoms with Crippen LogP contribution in [0.2, 0.25) is 0 Å². The monoisotopic (exact) mass is 231 g/mol. The molecule has 1 aliphatic carbocycles. The van der Waals surface area contributed by atoms with E-state index >= 15 is 0 Å². The maximum absolute atomic E-state index is 11.8. The number of nitrogens with two attached hydrogens (primary N) is 1. The molecular weight excluding hydrogens is 210 g/mol. The van der Waals surface area contributed by atoms with Gasteiger partial charge in [-0.2, -0.15) is 0 Å². The topological polar surface area (TPSA) is 60.2 Å². The van der Waals surface area contributed by atoms with E-state index in [9.17, 15) is 8.42 Å². The maximum atomic E-state index is 11.8. The molecule has 2 fully saturated rings. The summed E-state index contributed by atoms with van der Waals surface area (Å²) in [7, 11) is -2.88. The fourth-order valence-electron chi connectivity index (χ4n) is 2.73. The Morgan fingerprint density at radius 3 is 2.40 bits per heavy atom. The smallest absolute Gasteiger partial charge is 0.154 e. The molecule has 1 heterocycles. The van der Waals surface area contributed by atoms with Crippen LogP contribution in [0.25, 0.3) is 0 Å². The van der Waals surface area contributed by atoms with Crippen LogP contribution in [0.15, 0.2) is 0 Å². The van der Waals surface area contributed by atoms with E-state index in [0.29, 0.717) is 11.7 Å². The second-order valence-electron chi connectivity index (χ2n) is 5.10. The first-order chi connectivity index (χ1) is 7.09. The molecule has 15 heavy (non-hydrogen) atoms. The molecule has 0 radical (unpaired) electrons. The summed E-state index contributed by atoms with van der Waals surface area (Å²) in [4.78, 5) is 0. The SMILES string of the molecule is NC(CC1CCC1)C1CCCCS1(=O)=O. The molecule has 0 aromatic heterocycles. The van der Waals surface area contributed by atoms with Gasteiger partial charge in [-0.3, -0.25) is 0 Å². The molecule has 0 spiro atoms. The zero-order chi connectivity index (χ0) is 10.9. The Morgan fingerprint density at radius 1 is 1.13 bits per heavy atom. The van der Waals surface area contributed by atoms with Crippen LogP contribution in [0.1, 0.15) is 44.9 Å². The molecule has 2 aliphatic rings. The summed E-state index contributed by atoms with van der Waals surface area (Å²) in [5.41, 5.74) is 6.06. The van der Waals surface area contributed by atoms with E-state index in [1.54, 1.807) is 0 Å². The van der Waals surface area contributed by atoms with Crippen LogP contribution in [0.3, 0.4) is 0 Å². The molecule has 0 amide bonds. The van der Waals surface area contributed by atoms with Crippen molar-refractivity contribution >= 4 is 9.84 Å². The van der Waals surface area contributed by atoms with E-state index in [1.165, 1.54) is 19.3 Å². The zero-order valence-corrected chi connectivity index (χ0v) is 10.0. The lowest BCUT2D eigenvalue weighted by molar-refractivity contribution is 0.269. The van der Waals surface area contributed by atoms with E-state index < -0.39 is 9.84 Å². The molecule has 2 rings (SSSR count). The normalized spacial score (nSPS) is 33.3. The van der Waals surface area contributed by atoms with Crippen LogP contribution >= 0.6 is 0 Å². The lowest BCUT2D eigenvalue weighted by Gasteiger charge is -2.33. The second-order valence-corrected chi connectivity index (χ2v) is 7.44. The summed E-state index contributed by atoms with van der Waals surface area (Å²) in [5.74, 6) is 1.06. The first kappa shape index (κ1) is 11.4. The van der Waals surface area contributed by atoms with E-state index in [1.807, 2.05) is 0 Å². The summed E-state index contributed by atoms with van der Waals surface area (Å²) in [6.07, 6.45) is 7.37. The molecule has 0 aromatic carbocycles. The minimum Gasteiger partial charge on any atom is -0.327 e. The van der Waals surface area contributed by atoms with Gasteiger partial charge in [-0.15, -0.1) is 0 Å². The quantitative estimate of drug-likeness (QED) is 0.800. The van der Waals surface area contributed by atoms with Crippen molar-refractivity contribution in [1.82, 2.24) is 0 Å². The minimum atomic E-state index is -2.88. The molecule has 0 bridgehead atoms. The number of hydrogen-bond acceptors (Lipinski definition) is 3. The molecule has 3 nitrogen and oxygen atoms in total. The van der Waals surface area contributed by atoms with Gasteiger partial charge in [0.2, 0.25) is 0 Å². The number of sulfone groups is 1. The third-order valence-electron chi connectivity index (χ3n) is 3.94. The summed E-state index contributed by atoms with van der Waals surface area (Å²) in [6, 6.07) is -0.111. The summed E-state index contributed by atoms with van der Waals surface area (Å²) in [5, 5.41) is -0.244. The largest absolute Gasteiger partial charge is 0.327 e. The standard InChI is InChI=1S/C11H21NO2S/c12-10(8-9-4-3-5-9)11-6-1-2-7-15(11,13)14/h9-11H,1-8,12H2. The highest BCUT2D eigenvalue weighted by molar-refractivity contribution is 7.92. The molecule has 2 N–H and O–H groups in total. The second kappa shape index (κ2) is 4.42. The number of hydrogen-bond donors (Lipinski definition) is 1. The van der Waals surface area contributed by atoms with Crippen molar-refractivity contribution in [1.29, 1.82) is 0 Å². The summed E-state index contributed by atoms with van der Waals surface area (Å²) < 4.78 is 23.7. The van der Waals surface area contributed by atoms with Gasteiger partial charge in [0.15, 0.2) is 9.84 Å². The van der Waals surface area contributed by atoms with Gasteiger partial charge in [-0.1, -0.05) is 25.7 Å². The molecule has 2 atom stereocenters. The zero-order valence-electron chi connectivity index (χ0n) is 9.19. The van der Waals surface area contributed by atoms with E-state index in [0.717, 1.165) is 25.7 Å².